The SMILES string of the molecule is CN(C)/C=C/C=C/C=O. The smallest absolute Gasteiger partial charge is 0.142 e. The van der Waals surface area contributed by atoms with Gasteiger partial charge in [-0.3, -0.25) is 4.79 Å². The summed E-state index contributed by atoms with van der Waals surface area (Å²) in [7, 11) is 3.84. The number of hydrogen-bond donors (Lipinski definition) is 0. The van der Waals surface area contributed by atoms with Gasteiger partial charge in [-0.2, -0.15) is 0 Å². The fraction of sp³-hybridized carbons (Fsp3) is 0.286. The van der Waals surface area contributed by atoms with E-state index in [2.05, 4.69) is 0 Å². The van der Waals surface area contributed by atoms with Crippen molar-refractivity contribution < 1.29 is 4.79 Å². The standard InChI is InChI=1S/C7H11NO/c1-8(2)6-4-3-5-7-9/h3-7H,1-2H3/b5-3+,6-4+. The largest absolute Gasteiger partial charge is 0.383 e. The predicted octanol–water partition coefficient (Wildman–Crippen LogP) is 0.817. The first-order valence-electron chi connectivity index (χ1n) is 2.72. The predicted molar refractivity (Wildman–Crippen MR) is 38.0 cm³/mol. The van der Waals surface area contributed by atoms with Crippen LogP contribution in [0.5, 0.6) is 0 Å². The lowest BCUT2D eigenvalue weighted by Crippen LogP contribution is -1.99. The molecule has 2 nitrogen and oxygen atoms in total. The zero-order valence-corrected chi connectivity index (χ0v) is 5.74. The van der Waals surface area contributed by atoms with Crippen molar-refractivity contribution in [2.75, 3.05) is 14.1 Å². The summed E-state index contributed by atoms with van der Waals surface area (Å²) in [6, 6.07) is 0. The molecule has 2 heteroatoms. The molecule has 0 aliphatic carbocycles. The lowest BCUT2D eigenvalue weighted by molar-refractivity contribution is -0.104. The van der Waals surface area contributed by atoms with Crippen LogP contribution in [0, 0.1) is 0 Å². The van der Waals surface area contributed by atoms with Crippen LogP contribution in [0.1, 0.15) is 0 Å². The van der Waals surface area contributed by atoms with Gasteiger partial charge in [0.05, 0.1) is 0 Å². The molecule has 0 aliphatic heterocycles. The van der Waals surface area contributed by atoms with Gasteiger partial charge in [0.2, 0.25) is 0 Å². The van der Waals surface area contributed by atoms with Crippen molar-refractivity contribution in [3.8, 4) is 0 Å². The van der Waals surface area contributed by atoms with Crippen LogP contribution in [0.15, 0.2) is 24.4 Å². The Morgan fingerprint density at radius 1 is 1.11 bits per heavy atom. The van der Waals surface area contributed by atoms with E-state index in [1.165, 1.54) is 6.08 Å². The maximum atomic E-state index is 9.72. The maximum Gasteiger partial charge on any atom is 0.142 e. The number of aldehydes is 1. The van der Waals surface area contributed by atoms with Crippen molar-refractivity contribution >= 4 is 6.29 Å². The summed E-state index contributed by atoms with van der Waals surface area (Å²) < 4.78 is 0. The molecule has 0 aromatic heterocycles. The molecule has 9 heavy (non-hydrogen) atoms. The molecular formula is C7H11NO. The molecular weight excluding hydrogens is 114 g/mol. The third-order valence-corrected chi connectivity index (χ3v) is 0.685. The molecule has 0 bridgehead atoms. The molecule has 0 rings (SSSR count). The van der Waals surface area contributed by atoms with Crippen molar-refractivity contribution in [2.45, 2.75) is 0 Å². The average molecular weight is 125 g/mol. The van der Waals surface area contributed by atoms with Gasteiger partial charge >= 0.3 is 0 Å². The molecule has 0 atom stereocenters. The Labute approximate surface area is 55.5 Å². The summed E-state index contributed by atoms with van der Waals surface area (Å²) >= 11 is 0. The monoisotopic (exact) mass is 125 g/mol. The van der Waals surface area contributed by atoms with Crippen LogP contribution in [0.25, 0.3) is 0 Å². The van der Waals surface area contributed by atoms with Crippen LogP contribution in [-0.4, -0.2) is 25.3 Å². The Bertz CT molecular complexity index is 125. The second-order valence-electron chi connectivity index (χ2n) is 1.83. The van der Waals surface area contributed by atoms with E-state index in [4.69, 9.17) is 0 Å². The van der Waals surface area contributed by atoms with Gasteiger partial charge in [0.25, 0.3) is 0 Å². The second-order valence-corrected chi connectivity index (χ2v) is 1.83. The van der Waals surface area contributed by atoms with Gasteiger partial charge in [-0.25, -0.2) is 0 Å². The van der Waals surface area contributed by atoms with Gasteiger partial charge in [-0.1, -0.05) is 6.08 Å². The maximum absolute atomic E-state index is 9.72. The normalized spacial score (nSPS) is 10.9. The van der Waals surface area contributed by atoms with Crippen LogP contribution in [0.4, 0.5) is 0 Å². The quantitative estimate of drug-likeness (QED) is 0.316. The number of allylic oxidation sites excluding steroid dienone is 3. The highest BCUT2D eigenvalue weighted by molar-refractivity contribution is 5.65. The Kier molecular flexibility index (Phi) is 4.50. The lowest BCUT2D eigenvalue weighted by atomic mass is 10.5. The number of carbonyl (C=O) groups is 1. The van der Waals surface area contributed by atoms with Gasteiger partial charge in [-0.15, -0.1) is 0 Å². The molecule has 0 aromatic carbocycles. The molecule has 0 N–H and O–H groups in total. The zero-order valence-electron chi connectivity index (χ0n) is 5.74. The first-order chi connectivity index (χ1) is 4.27. The van der Waals surface area contributed by atoms with Crippen molar-refractivity contribution in [1.29, 1.82) is 0 Å². The highest BCUT2D eigenvalue weighted by Crippen LogP contribution is 1.77. The van der Waals surface area contributed by atoms with Crippen LogP contribution < -0.4 is 0 Å². The molecule has 0 radical (unpaired) electrons. The van der Waals surface area contributed by atoms with E-state index in [1.54, 1.807) is 12.2 Å². The Morgan fingerprint density at radius 2 is 1.78 bits per heavy atom. The lowest BCUT2D eigenvalue weighted by Gasteiger charge is -2.00. The molecule has 0 aliphatic rings. The highest BCUT2D eigenvalue weighted by atomic mass is 16.1. The topological polar surface area (TPSA) is 20.3 Å². The summed E-state index contributed by atoms with van der Waals surface area (Å²) in [6.07, 6.45) is 7.54. The molecule has 0 amide bonds. The average Bonchev–Trinajstić information content (AvgIpc) is 1.80. The molecule has 0 fully saturated rings. The number of nitrogens with zero attached hydrogens (tertiary/aromatic N) is 1. The van der Waals surface area contributed by atoms with E-state index < -0.39 is 0 Å². The van der Waals surface area contributed by atoms with E-state index in [-0.39, 0.29) is 0 Å². The summed E-state index contributed by atoms with van der Waals surface area (Å²) in [6.45, 7) is 0. The van der Waals surface area contributed by atoms with Crippen LogP contribution in [-0.2, 0) is 4.79 Å². The van der Waals surface area contributed by atoms with E-state index in [1.807, 2.05) is 25.2 Å². The van der Waals surface area contributed by atoms with Crippen molar-refractivity contribution in [3.63, 3.8) is 0 Å². The fourth-order valence-electron chi connectivity index (χ4n) is 0.331. The molecule has 0 saturated carbocycles. The minimum atomic E-state index is 0.750. The molecule has 50 valence electrons. The Morgan fingerprint density at radius 3 is 2.22 bits per heavy atom. The molecule has 0 saturated heterocycles. The van der Waals surface area contributed by atoms with E-state index >= 15 is 0 Å². The van der Waals surface area contributed by atoms with Crippen molar-refractivity contribution in [1.82, 2.24) is 4.90 Å². The first kappa shape index (κ1) is 7.95. The van der Waals surface area contributed by atoms with Crippen molar-refractivity contribution in [2.24, 2.45) is 0 Å². The fourth-order valence-corrected chi connectivity index (χ4v) is 0.331. The molecule has 0 aromatic rings. The number of hydrogen-bond acceptors (Lipinski definition) is 2. The summed E-state index contributed by atoms with van der Waals surface area (Å²) in [4.78, 5) is 11.6. The third-order valence-electron chi connectivity index (χ3n) is 0.685. The van der Waals surface area contributed by atoms with E-state index in [0.29, 0.717) is 0 Å². The van der Waals surface area contributed by atoms with E-state index in [9.17, 15) is 4.79 Å². The van der Waals surface area contributed by atoms with Crippen molar-refractivity contribution in [3.05, 3.63) is 24.4 Å². The second kappa shape index (κ2) is 5.09. The number of rotatable bonds is 3. The molecule has 0 spiro atoms. The Hall–Kier alpha value is -1.05. The van der Waals surface area contributed by atoms with E-state index in [0.717, 1.165) is 6.29 Å². The molecule has 0 heterocycles. The zero-order chi connectivity index (χ0) is 7.11. The van der Waals surface area contributed by atoms with Gasteiger partial charge in [-0.05, 0) is 18.4 Å². The third kappa shape index (κ3) is 6.95. The van der Waals surface area contributed by atoms with Gasteiger partial charge in [0.15, 0.2) is 0 Å². The minimum absolute atomic E-state index is 0.750. The van der Waals surface area contributed by atoms with Gasteiger partial charge in [0, 0.05) is 14.1 Å². The summed E-state index contributed by atoms with van der Waals surface area (Å²) in [5.41, 5.74) is 0. The summed E-state index contributed by atoms with van der Waals surface area (Å²) in [5.74, 6) is 0. The summed E-state index contributed by atoms with van der Waals surface area (Å²) in [5, 5.41) is 0. The Balaban J connectivity index is 3.46. The van der Waals surface area contributed by atoms with Crippen LogP contribution >= 0.6 is 0 Å². The highest BCUT2D eigenvalue weighted by Gasteiger charge is 1.69. The first-order valence-corrected chi connectivity index (χ1v) is 2.72. The number of carbonyl (C=O) groups excluding carboxylic acids is 1. The minimum Gasteiger partial charge on any atom is -0.383 e. The van der Waals surface area contributed by atoms with Crippen LogP contribution in [0.3, 0.4) is 0 Å². The van der Waals surface area contributed by atoms with Gasteiger partial charge in [0.1, 0.15) is 6.29 Å². The molecule has 0 unspecified atom stereocenters. The van der Waals surface area contributed by atoms with Crippen LogP contribution in [0.2, 0.25) is 0 Å². The van der Waals surface area contributed by atoms with Gasteiger partial charge < -0.3 is 4.90 Å².